The van der Waals surface area contributed by atoms with Crippen LogP contribution in [0, 0.1) is 18.3 Å². The Hall–Kier alpha value is -2.39. The lowest BCUT2D eigenvalue weighted by molar-refractivity contribution is 0.491. The summed E-state index contributed by atoms with van der Waals surface area (Å²) in [5, 5.41) is 9.04. The van der Waals surface area contributed by atoms with Gasteiger partial charge in [0, 0.05) is 5.56 Å². The second kappa shape index (κ2) is 5.31. The number of pyridine rings is 1. The number of nitrogens with zero attached hydrogens (tertiary/aromatic N) is 2. The molecule has 0 aliphatic carbocycles. The number of aryl methyl sites for hydroxylation is 1. The molecule has 0 spiro atoms. The Labute approximate surface area is 117 Å². The van der Waals surface area contributed by atoms with Gasteiger partial charge in [0.25, 0.3) is 0 Å². The van der Waals surface area contributed by atoms with Crippen LogP contribution in [0.25, 0.3) is 11.3 Å². The maximum absolute atomic E-state index is 11.1. The fourth-order valence-electron chi connectivity index (χ4n) is 1.64. The molecule has 0 saturated heterocycles. The van der Waals surface area contributed by atoms with Crippen LogP contribution in [0.4, 0.5) is 0 Å². The third-order valence-corrected chi connectivity index (χ3v) is 3.03. The Balaban J connectivity index is 2.44. The Bertz CT molecular complexity index is 775. The molecule has 5 nitrogen and oxygen atoms in total. The van der Waals surface area contributed by atoms with E-state index in [0.717, 1.165) is 17.4 Å². The smallest absolute Gasteiger partial charge is 0.306 e. The summed E-state index contributed by atoms with van der Waals surface area (Å²) in [5.74, 6) is -0.0640. The normalized spacial score (nSPS) is 10.8. The van der Waals surface area contributed by atoms with Gasteiger partial charge in [-0.15, -0.1) is 0 Å². The van der Waals surface area contributed by atoms with E-state index in [1.807, 2.05) is 37.3 Å². The van der Waals surface area contributed by atoms with Crippen molar-refractivity contribution in [3.05, 3.63) is 47.7 Å². The highest BCUT2D eigenvalue weighted by molar-refractivity contribution is 7.86. The van der Waals surface area contributed by atoms with Crippen molar-refractivity contribution in [2.75, 3.05) is 6.26 Å². The number of rotatable bonds is 3. The van der Waals surface area contributed by atoms with E-state index in [2.05, 4.69) is 4.98 Å². The molecular formula is C14H12N2O3S. The van der Waals surface area contributed by atoms with Gasteiger partial charge in [-0.3, -0.25) is 0 Å². The Kier molecular flexibility index (Phi) is 3.72. The largest absolute Gasteiger partial charge is 0.379 e. The summed E-state index contributed by atoms with van der Waals surface area (Å²) in [6.45, 7) is 1.97. The topological polar surface area (TPSA) is 80.0 Å². The van der Waals surface area contributed by atoms with Gasteiger partial charge < -0.3 is 4.18 Å². The molecule has 1 aromatic heterocycles. The molecule has 0 unspecified atom stereocenters. The van der Waals surface area contributed by atoms with Crippen molar-refractivity contribution in [2.45, 2.75) is 6.92 Å². The first-order valence-electron chi connectivity index (χ1n) is 5.77. The zero-order valence-corrected chi connectivity index (χ0v) is 11.8. The number of aromatic nitrogens is 1. The number of benzene rings is 1. The maximum atomic E-state index is 11.1. The van der Waals surface area contributed by atoms with Gasteiger partial charge in [0.2, 0.25) is 0 Å². The van der Waals surface area contributed by atoms with Crippen LogP contribution >= 0.6 is 0 Å². The van der Waals surface area contributed by atoms with Crippen LogP contribution in [-0.4, -0.2) is 19.7 Å². The highest BCUT2D eigenvalue weighted by atomic mass is 32.2. The second-order valence-corrected chi connectivity index (χ2v) is 5.88. The molecule has 0 atom stereocenters. The average molecular weight is 288 g/mol. The molecule has 0 fully saturated rings. The molecule has 0 N–H and O–H groups in total. The predicted octanol–water partition coefficient (Wildman–Crippen LogP) is 2.27. The summed E-state index contributed by atoms with van der Waals surface area (Å²) < 4.78 is 26.9. The van der Waals surface area contributed by atoms with Gasteiger partial charge in [0.1, 0.15) is 6.07 Å². The van der Waals surface area contributed by atoms with Crippen LogP contribution < -0.4 is 4.18 Å². The van der Waals surface area contributed by atoms with Crippen molar-refractivity contribution in [1.29, 1.82) is 5.26 Å². The first kappa shape index (κ1) is 14.0. The maximum Gasteiger partial charge on any atom is 0.306 e. The summed E-state index contributed by atoms with van der Waals surface area (Å²) in [6.07, 6.45) is 0.919. The van der Waals surface area contributed by atoms with Gasteiger partial charge in [-0.2, -0.15) is 13.7 Å². The molecule has 0 bridgehead atoms. The van der Waals surface area contributed by atoms with Crippen molar-refractivity contribution in [3.8, 4) is 23.1 Å². The summed E-state index contributed by atoms with van der Waals surface area (Å²) in [6, 6.07) is 12.5. The first-order valence-corrected chi connectivity index (χ1v) is 7.58. The second-order valence-electron chi connectivity index (χ2n) is 4.31. The Morgan fingerprint density at radius 3 is 2.35 bits per heavy atom. The molecule has 0 amide bonds. The van der Waals surface area contributed by atoms with E-state index in [9.17, 15) is 8.42 Å². The predicted molar refractivity (Wildman–Crippen MR) is 74.6 cm³/mol. The molecule has 0 aliphatic rings. The highest BCUT2D eigenvalue weighted by Gasteiger charge is 2.12. The fraction of sp³-hybridized carbons (Fsp3) is 0.143. The standard InChI is InChI=1S/C14H12N2O3S/c1-10-3-5-11(6-4-10)12-7-8-14(13(9-15)16-12)19-20(2,17)18/h3-8H,1-2H3. The molecule has 6 heteroatoms. The fourth-order valence-corrected chi connectivity index (χ4v) is 2.10. The summed E-state index contributed by atoms with van der Waals surface area (Å²) in [7, 11) is -3.68. The minimum atomic E-state index is -3.68. The quantitative estimate of drug-likeness (QED) is 0.809. The van der Waals surface area contributed by atoms with Crippen molar-refractivity contribution >= 4 is 10.1 Å². The first-order chi connectivity index (χ1) is 9.39. The number of hydrogen-bond donors (Lipinski definition) is 0. The average Bonchev–Trinajstić information content (AvgIpc) is 2.38. The van der Waals surface area contributed by atoms with E-state index in [-0.39, 0.29) is 11.4 Å². The van der Waals surface area contributed by atoms with Crippen LogP contribution in [0.15, 0.2) is 36.4 Å². The SMILES string of the molecule is Cc1ccc(-c2ccc(OS(C)(=O)=O)c(C#N)n2)cc1. The molecule has 0 aliphatic heterocycles. The van der Waals surface area contributed by atoms with Gasteiger partial charge >= 0.3 is 10.1 Å². The van der Waals surface area contributed by atoms with Crippen LogP contribution in [0.5, 0.6) is 5.75 Å². The van der Waals surface area contributed by atoms with Crippen molar-refractivity contribution < 1.29 is 12.6 Å². The van der Waals surface area contributed by atoms with Gasteiger partial charge in [-0.25, -0.2) is 4.98 Å². The van der Waals surface area contributed by atoms with E-state index in [0.29, 0.717) is 5.69 Å². The molecule has 102 valence electrons. The third kappa shape index (κ3) is 3.33. The summed E-state index contributed by atoms with van der Waals surface area (Å²) in [4.78, 5) is 4.12. The van der Waals surface area contributed by atoms with Gasteiger partial charge in [-0.1, -0.05) is 29.8 Å². The Morgan fingerprint density at radius 1 is 1.15 bits per heavy atom. The van der Waals surface area contributed by atoms with Crippen molar-refractivity contribution in [3.63, 3.8) is 0 Å². The van der Waals surface area contributed by atoms with E-state index in [4.69, 9.17) is 9.44 Å². The van der Waals surface area contributed by atoms with Crippen LogP contribution in [-0.2, 0) is 10.1 Å². The van der Waals surface area contributed by atoms with E-state index >= 15 is 0 Å². The van der Waals surface area contributed by atoms with Gasteiger partial charge in [0.15, 0.2) is 11.4 Å². The lowest BCUT2D eigenvalue weighted by Gasteiger charge is -2.06. The lowest BCUT2D eigenvalue weighted by Crippen LogP contribution is -2.07. The zero-order valence-electron chi connectivity index (χ0n) is 11.0. The summed E-state index contributed by atoms with van der Waals surface area (Å²) >= 11 is 0. The molecular weight excluding hydrogens is 276 g/mol. The highest BCUT2D eigenvalue weighted by Crippen LogP contribution is 2.24. The number of nitriles is 1. The van der Waals surface area contributed by atoms with Crippen molar-refractivity contribution in [2.24, 2.45) is 0 Å². The molecule has 1 aromatic carbocycles. The molecule has 0 saturated carbocycles. The minimum absolute atomic E-state index is 0.0616. The monoisotopic (exact) mass is 288 g/mol. The van der Waals surface area contributed by atoms with E-state index < -0.39 is 10.1 Å². The molecule has 2 aromatic rings. The van der Waals surface area contributed by atoms with Gasteiger partial charge in [-0.05, 0) is 19.1 Å². The molecule has 1 heterocycles. The van der Waals surface area contributed by atoms with Crippen LogP contribution in [0.3, 0.4) is 0 Å². The van der Waals surface area contributed by atoms with Gasteiger partial charge in [0.05, 0.1) is 11.9 Å². The lowest BCUT2D eigenvalue weighted by atomic mass is 10.1. The Morgan fingerprint density at radius 2 is 1.80 bits per heavy atom. The molecule has 0 radical (unpaired) electrons. The zero-order chi connectivity index (χ0) is 14.8. The molecule has 2 rings (SSSR count). The van der Waals surface area contributed by atoms with Crippen molar-refractivity contribution in [1.82, 2.24) is 4.98 Å². The van der Waals surface area contributed by atoms with Crippen LogP contribution in [0.2, 0.25) is 0 Å². The third-order valence-electron chi connectivity index (χ3n) is 2.55. The number of hydrogen-bond acceptors (Lipinski definition) is 5. The van der Waals surface area contributed by atoms with Crippen LogP contribution in [0.1, 0.15) is 11.3 Å². The summed E-state index contributed by atoms with van der Waals surface area (Å²) in [5.41, 5.74) is 2.49. The van der Waals surface area contributed by atoms with E-state index in [1.165, 1.54) is 6.07 Å². The van der Waals surface area contributed by atoms with E-state index in [1.54, 1.807) is 6.07 Å². The minimum Gasteiger partial charge on any atom is -0.379 e. The molecule has 20 heavy (non-hydrogen) atoms.